The Labute approximate surface area is 197 Å². The molecule has 2 fully saturated rings. The predicted octanol–water partition coefficient (Wildman–Crippen LogP) is 4.17. The van der Waals surface area contributed by atoms with E-state index in [1.165, 1.54) is 40.5 Å². The number of alkyl halides is 3. The lowest BCUT2D eigenvalue weighted by molar-refractivity contribution is -0.274. The number of anilines is 1. The molecule has 1 aromatic carbocycles. The van der Waals surface area contributed by atoms with E-state index in [2.05, 4.69) is 15.0 Å². The number of aromatic nitrogens is 1. The Morgan fingerprint density at radius 2 is 1.85 bits per heavy atom. The Morgan fingerprint density at radius 3 is 2.50 bits per heavy atom. The second kappa shape index (κ2) is 9.24. The Morgan fingerprint density at radius 1 is 1.18 bits per heavy atom. The van der Waals surface area contributed by atoms with Crippen molar-refractivity contribution in [1.82, 2.24) is 14.8 Å². The van der Waals surface area contributed by atoms with Crippen LogP contribution in [0.4, 0.5) is 23.1 Å². The standard InChI is InChI=1S/C22H23F3N4O4S/c1-28-20(32)29(18(31)21(28)9-3-2-4-10-21)13-17(30)27-19-26-12-16(34-19)11-14-5-7-15(8-6-14)33-22(23,24)25/h5-8,12H,2-4,9-11,13H2,1H3,(H,26,27,30). The number of carbonyl (C=O) groups is 3. The van der Waals surface area contributed by atoms with Crippen molar-refractivity contribution in [3.05, 3.63) is 40.9 Å². The summed E-state index contributed by atoms with van der Waals surface area (Å²) in [7, 11) is 1.61. The maximum Gasteiger partial charge on any atom is 0.573 e. The molecular weight excluding hydrogens is 473 g/mol. The second-order valence-corrected chi connectivity index (χ2v) is 9.49. The van der Waals surface area contributed by atoms with Crippen molar-refractivity contribution in [2.24, 2.45) is 0 Å². The van der Waals surface area contributed by atoms with Crippen LogP contribution in [0.1, 0.15) is 42.5 Å². The fraction of sp³-hybridized carbons (Fsp3) is 0.455. The predicted molar refractivity (Wildman–Crippen MR) is 117 cm³/mol. The van der Waals surface area contributed by atoms with E-state index in [1.807, 2.05) is 0 Å². The molecule has 0 atom stereocenters. The molecule has 1 aliphatic heterocycles. The van der Waals surface area contributed by atoms with E-state index in [-0.39, 0.29) is 18.2 Å². The summed E-state index contributed by atoms with van der Waals surface area (Å²) in [6.45, 7) is -0.390. The minimum Gasteiger partial charge on any atom is -0.406 e. The highest BCUT2D eigenvalue weighted by atomic mass is 32.1. The number of imide groups is 1. The zero-order chi connectivity index (χ0) is 24.5. The van der Waals surface area contributed by atoms with Crippen LogP contribution in [0.15, 0.2) is 30.5 Å². The first-order valence-corrected chi connectivity index (χ1v) is 11.6. The Kier molecular flexibility index (Phi) is 6.52. The molecule has 0 bridgehead atoms. The molecule has 1 aromatic heterocycles. The van der Waals surface area contributed by atoms with Gasteiger partial charge in [-0.05, 0) is 30.5 Å². The number of ether oxygens (including phenoxy) is 1. The van der Waals surface area contributed by atoms with Gasteiger partial charge in [-0.25, -0.2) is 9.78 Å². The number of thiazole rings is 1. The minimum atomic E-state index is -4.75. The van der Waals surface area contributed by atoms with E-state index in [9.17, 15) is 27.6 Å². The SMILES string of the molecule is CN1C(=O)N(CC(=O)Nc2ncc(Cc3ccc(OC(F)(F)F)cc3)s2)C(=O)C12CCCCC2. The van der Waals surface area contributed by atoms with Crippen molar-refractivity contribution in [2.45, 2.75) is 50.4 Å². The van der Waals surface area contributed by atoms with Crippen molar-refractivity contribution in [1.29, 1.82) is 0 Å². The van der Waals surface area contributed by atoms with Gasteiger partial charge in [0.05, 0.1) is 0 Å². The number of amides is 4. The van der Waals surface area contributed by atoms with Gasteiger partial charge in [-0.1, -0.05) is 31.4 Å². The van der Waals surface area contributed by atoms with Crippen molar-refractivity contribution in [3.63, 3.8) is 0 Å². The molecule has 2 aliphatic rings. The zero-order valence-corrected chi connectivity index (χ0v) is 19.2. The fourth-order valence-corrected chi connectivity index (χ4v) is 5.29. The average molecular weight is 497 g/mol. The molecule has 8 nitrogen and oxygen atoms in total. The first-order valence-electron chi connectivity index (χ1n) is 10.8. The number of hydrogen-bond donors (Lipinski definition) is 1. The van der Waals surface area contributed by atoms with Gasteiger partial charge >= 0.3 is 12.4 Å². The van der Waals surface area contributed by atoms with Crippen LogP contribution in [0.5, 0.6) is 5.75 Å². The topological polar surface area (TPSA) is 91.8 Å². The van der Waals surface area contributed by atoms with Gasteiger partial charge in [0.2, 0.25) is 5.91 Å². The first kappa shape index (κ1) is 24.0. The molecule has 1 saturated heterocycles. The molecule has 182 valence electrons. The number of likely N-dealkylation sites (N-methyl/N-ethyl adjacent to an activating group) is 1. The van der Waals surface area contributed by atoms with E-state index in [1.54, 1.807) is 13.2 Å². The molecule has 1 saturated carbocycles. The maximum absolute atomic E-state index is 13.0. The Bertz CT molecular complexity index is 1080. The largest absolute Gasteiger partial charge is 0.573 e. The first-order chi connectivity index (χ1) is 16.1. The summed E-state index contributed by atoms with van der Waals surface area (Å²) in [6.07, 6.45) is 1.16. The highest BCUT2D eigenvalue weighted by molar-refractivity contribution is 7.15. The third-order valence-corrected chi connectivity index (χ3v) is 7.03. The molecule has 1 N–H and O–H groups in total. The third kappa shape index (κ3) is 5.01. The highest BCUT2D eigenvalue weighted by Crippen LogP contribution is 2.39. The molecule has 4 rings (SSSR count). The van der Waals surface area contributed by atoms with Gasteiger partial charge in [-0.3, -0.25) is 14.5 Å². The van der Waals surface area contributed by atoms with E-state index in [4.69, 9.17) is 0 Å². The van der Waals surface area contributed by atoms with Crippen LogP contribution in [-0.4, -0.2) is 58.1 Å². The van der Waals surface area contributed by atoms with Crippen molar-refractivity contribution in [2.75, 3.05) is 18.9 Å². The van der Waals surface area contributed by atoms with Gasteiger partial charge in [0.25, 0.3) is 5.91 Å². The molecule has 34 heavy (non-hydrogen) atoms. The monoisotopic (exact) mass is 496 g/mol. The molecular formula is C22H23F3N4O4S. The van der Waals surface area contributed by atoms with Crippen LogP contribution in [0.3, 0.4) is 0 Å². The van der Waals surface area contributed by atoms with Gasteiger partial charge < -0.3 is 15.0 Å². The fourth-order valence-electron chi connectivity index (χ4n) is 4.43. The molecule has 1 spiro atoms. The maximum atomic E-state index is 13.0. The van der Waals surface area contributed by atoms with Crippen LogP contribution in [-0.2, 0) is 16.0 Å². The van der Waals surface area contributed by atoms with Crippen molar-refractivity contribution in [3.8, 4) is 5.75 Å². The van der Waals surface area contributed by atoms with Gasteiger partial charge in [0.1, 0.15) is 17.8 Å². The molecule has 0 radical (unpaired) electrons. The molecule has 4 amide bonds. The van der Waals surface area contributed by atoms with Crippen LogP contribution in [0.2, 0.25) is 0 Å². The van der Waals surface area contributed by atoms with Crippen LogP contribution in [0.25, 0.3) is 0 Å². The molecule has 2 heterocycles. The van der Waals surface area contributed by atoms with Gasteiger partial charge in [-0.2, -0.15) is 0 Å². The van der Waals surface area contributed by atoms with Gasteiger partial charge in [-0.15, -0.1) is 24.5 Å². The lowest BCUT2D eigenvalue weighted by Crippen LogP contribution is -2.49. The lowest BCUT2D eigenvalue weighted by atomic mass is 9.81. The third-order valence-electron chi connectivity index (χ3n) is 6.12. The number of halogens is 3. The molecule has 12 heteroatoms. The number of carbonyl (C=O) groups excluding carboxylic acids is 3. The summed E-state index contributed by atoms with van der Waals surface area (Å²) >= 11 is 1.20. The summed E-state index contributed by atoms with van der Waals surface area (Å²) in [6, 6.07) is 5.02. The summed E-state index contributed by atoms with van der Waals surface area (Å²) in [5.74, 6) is -1.16. The number of nitrogens with zero attached hydrogens (tertiary/aromatic N) is 3. The normalized spacial score (nSPS) is 18.0. The second-order valence-electron chi connectivity index (χ2n) is 8.37. The average Bonchev–Trinajstić information content (AvgIpc) is 3.28. The summed E-state index contributed by atoms with van der Waals surface area (Å²) in [5, 5.41) is 2.92. The summed E-state index contributed by atoms with van der Waals surface area (Å²) in [4.78, 5) is 45.6. The van der Waals surface area contributed by atoms with Crippen LogP contribution >= 0.6 is 11.3 Å². The van der Waals surface area contributed by atoms with E-state index in [0.29, 0.717) is 24.4 Å². The van der Waals surface area contributed by atoms with Crippen LogP contribution < -0.4 is 10.1 Å². The van der Waals surface area contributed by atoms with Crippen molar-refractivity contribution < 1.29 is 32.3 Å². The lowest BCUT2D eigenvalue weighted by Gasteiger charge is -2.35. The quantitative estimate of drug-likeness (QED) is 0.607. The molecule has 2 aromatic rings. The number of hydrogen-bond acceptors (Lipinski definition) is 6. The summed E-state index contributed by atoms with van der Waals surface area (Å²) < 4.78 is 40.7. The van der Waals surface area contributed by atoms with E-state index >= 15 is 0 Å². The number of benzene rings is 1. The van der Waals surface area contributed by atoms with Crippen LogP contribution in [0, 0.1) is 0 Å². The van der Waals surface area contributed by atoms with E-state index in [0.717, 1.165) is 34.6 Å². The Hall–Kier alpha value is -3.15. The summed E-state index contributed by atoms with van der Waals surface area (Å²) in [5.41, 5.74) is -0.102. The number of nitrogens with one attached hydrogen (secondary N) is 1. The number of urea groups is 1. The van der Waals surface area contributed by atoms with Gasteiger partial charge in [0, 0.05) is 24.5 Å². The van der Waals surface area contributed by atoms with Crippen molar-refractivity contribution >= 4 is 34.3 Å². The highest BCUT2D eigenvalue weighted by Gasteiger charge is 2.55. The molecule has 0 unspecified atom stereocenters. The minimum absolute atomic E-state index is 0.303. The smallest absolute Gasteiger partial charge is 0.406 e. The van der Waals surface area contributed by atoms with Gasteiger partial charge in [0.15, 0.2) is 5.13 Å². The number of rotatable bonds is 6. The molecule has 1 aliphatic carbocycles. The Balaban J connectivity index is 1.34. The zero-order valence-electron chi connectivity index (χ0n) is 18.4. The van der Waals surface area contributed by atoms with E-state index < -0.39 is 23.8 Å².